The van der Waals surface area contributed by atoms with E-state index in [0.717, 1.165) is 5.56 Å². The third-order valence-electron chi connectivity index (χ3n) is 2.67. The lowest BCUT2D eigenvalue weighted by molar-refractivity contribution is -0.135. The van der Waals surface area contributed by atoms with Gasteiger partial charge in [0.2, 0.25) is 5.88 Å². The fourth-order valence-corrected chi connectivity index (χ4v) is 1.80. The number of methoxy groups -OCH3 is 1. The van der Waals surface area contributed by atoms with E-state index < -0.39 is 12.6 Å². The molecule has 0 aliphatic heterocycles. The quantitative estimate of drug-likeness (QED) is 0.855. The van der Waals surface area contributed by atoms with Crippen LogP contribution in [0.2, 0.25) is 0 Å². The zero-order valence-electron chi connectivity index (χ0n) is 10.4. The molecule has 0 amide bonds. The van der Waals surface area contributed by atoms with Gasteiger partial charge >= 0.3 is 6.18 Å². The van der Waals surface area contributed by atoms with Crippen LogP contribution in [0.15, 0.2) is 18.3 Å². The normalized spacial score (nSPS) is 13.4. The highest BCUT2D eigenvalue weighted by atomic mass is 19.4. The van der Waals surface area contributed by atoms with E-state index in [4.69, 9.17) is 4.74 Å². The molecule has 3 nitrogen and oxygen atoms in total. The van der Waals surface area contributed by atoms with Crippen LogP contribution in [0.25, 0.3) is 0 Å². The van der Waals surface area contributed by atoms with Gasteiger partial charge in [0.15, 0.2) is 0 Å². The summed E-state index contributed by atoms with van der Waals surface area (Å²) in [7, 11) is 3.21. The van der Waals surface area contributed by atoms with Crippen molar-refractivity contribution in [2.75, 3.05) is 14.2 Å². The van der Waals surface area contributed by atoms with Crippen molar-refractivity contribution < 1.29 is 17.9 Å². The van der Waals surface area contributed by atoms with Gasteiger partial charge in [-0.1, -0.05) is 6.07 Å². The van der Waals surface area contributed by atoms with Crippen LogP contribution in [-0.4, -0.2) is 25.3 Å². The van der Waals surface area contributed by atoms with Crippen LogP contribution in [-0.2, 0) is 0 Å². The van der Waals surface area contributed by atoms with Crippen molar-refractivity contribution in [1.82, 2.24) is 10.3 Å². The smallest absolute Gasteiger partial charge is 0.389 e. The summed E-state index contributed by atoms with van der Waals surface area (Å²) in [4.78, 5) is 4.04. The summed E-state index contributed by atoms with van der Waals surface area (Å²) in [6.07, 6.45) is -2.82. The third-order valence-corrected chi connectivity index (χ3v) is 2.67. The van der Waals surface area contributed by atoms with Crippen LogP contribution in [0, 0.1) is 0 Å². The van der Waals surface area contributed by atoms with Crippen molar-refractivity contribution in [3.05, 3.63) is 23.9 Å². The Hall–Kier alpha value is -1.30. The zero-order chi connectivity index (χ0) is 13.6. The molecule has 0 spiro atoms. The lowest BCUT2D eigenvalue weighted by Crippen LogP contribution is -2.18. The first-order chi connectivity index (χ1) is 8.48. The minimum Gasteiger partial charge on any atom is -0.481 e. The average Bonchev–Trinajstić information content (AvgIpc) is 2.33. The van der Waals surface area contributed by atoms with E-state index >= 15 is 0 Å². The highest BCUT2D eigenvalue weighted by Crippen LogP contribution is 2.29. The minimum absolute atomic E-state index is 0.0764. The molecule has 6 heteroatoms. The van der Waals surface area contributed by atoms with E-state index in [1.54, 1.807) is 25.4 Å². The Bertz CT molecular complexity index is 369. The fourth-order valence-electron chi connectivity index (χ4n) is 1.80. The van der Waals surface area contributed by atoms with E-state index in [1.165, 1.54) is 7.11 Å². The zero-order valence-corrected chi connectivity index (χ0v) is 10.4. The molecule has 1 heterocycles. The summed E-state index contributed by atoms with van der Waals surface area (Å²) < 4.78 is 41.4. The fraction of sp³-hybridized carbons (Fsp3) is 0.583. The maximum Gasteiger partial charge on any atom is 0.389 e. The number of nitrogens with one attached hydrogen (secondary N) is 1. The van der Waals surface area contributed by atoms with Crippen LogP contribution >= 0.6 is 0 Å². The average molecular weight is 262 g/mol. The number of nitrogens with zero attached hydrogens (tertiary/aromatic N) is 1. The molecule has 0 aliphatic rings. The number of ether oxygens (including phenoxy) is 1. The molecule has 0 saturated heterocycles. The van der Waals surface area contributed by atoms with E-state index in [0.29, 0.717) is 12.3 Å². The van der Waals surface area contributed by atoms with Crippen molar-refractivity contribution in [2.45, 2.75) is 31.5 Å². The van der Waals surface area contributed by atoms with Crippen LogP contribution in [0.3, 0.4) is 0 Å². The molecule has 0 radical (unpaired) electrons. The predicted octanol–water partition coefficient (Wildman–Crippen LogP) is 3.08. The standard InChI is InChI=1S/C12H17F3N2O/c1-16-10(6-3-7-12(13,14)15)9-5-4-8-17-11(9)18-2/h4-5,8,10,16H,3,6-7H2,1-2H3. The molecule has 0 bridgehead atoms. The van der Waals surface area contributed by atoms with Gasteiger partial charge in [-0.05, 0) is 26.0 Å². The highest BCUT2D eigenvalue weighted by molar-refractivity contribution is 5.28. The SMILES string of the molecule is CNC(CCCC(F)(F)F)c1cccnc1OC. The molecule has 1 aromatic heterocycles. The molecule has 0 aromatic carbocycles. The molecule has 0 aliphatic carbocycles. The topological polar surface area (TPSA) is 34.2 Å². The molecular formula is C12H17F3N2O. The van der Waals surface area contributed by atoms with Crippen LogP contribution in [0.1, 0.15) is 30.9 Å². The van der Waals surface area contributed by atoms with Crippen molar-refractivity contribution in [1.29, 1.82) is 0 Å². The summed E-state index contributed by atoms with van der Waals surface area (Å²) in [6, 6.07) is 3.36. The highest BCUT2D eigenvalue weighted by Gasteiger charge is 2.27. The molecule has 0 fully saturated rings. The van der Waals surface area contributed by atoms with E-state index in [2.05, 4.69) is 10.3 Å². The first-order valence-corrected chi connectivity index (χ1v) is 5.71. The second-order valence-electron chi connectivity index (χ2n) is 3.95. The van der Waals surface area contributed by atoms with E-state index in [1.807, 2.05) is 0 Å². The summed E-state index contributed by atoms with van der Waals surface area (Å²) in [5.74, 6) is 0.448. The van der Waals surface area contributed by atoms with Crippen molar-refractivity contribution >= 4 is 0 Å². The van der Waals surface area contributed by atoms with Crippen molar-refractivity contribution in [3.63, 3.8) is 0 Å². The van der Waals surface area contributed by atoms with Gasteiger partial charge in [0.25, 0.3) is 0 Å². The van der Waals surface area contributed by atoms with Gasteiger partial charge in [-0.2, -0.15) is 13.2 Å². The van der Waals surface area contributed by atoms with Gasteiger partial charge in [0, 0.05) is 24.2 Å². The maximum atomic E-state index is 12.1. The van der Waals surface area contributed by atoms with Crippen molar-refractivity contribution in [2.24, 2.45) is 0 Å². The second-order valence-corrected chi connectivity index (χ2v) is 3.95. The molecule has 1 aromatic rings. The first kappa shape index (κ1) is 14.8. The molecular weight excluding hydrogens is 245 g/mol. The van der Waals surface area contributed by atoms with Gasteiger partial charge in [0.05, 0.1) is 7.11 Å². The Morgan fingerprint density at radius 3 is 2.72 bits per heavy atom. The number of pyridine rings is 1. The molecule has 18 heavy (non-hydrogen) atoms. The molecule has 1 N–H and O–H groups in total. The Balaban J connectivity index is 2.65. The molecule has 0 saturated carbocycles. The number of alkyl halides is 3. The Labute approximate surface area is 104 Å². The lowest BCUT2D eigenvalue weighted by Gasteiger charge is -2.18. The van der Waals surface area contributed by atoms with Gasteiger partial charge in [0.1, 0.15) is 0 Å². The van der Waals surface area contributed by atoms with Crippen LogP contribution in [0.5, 0.6) is 5.88 Å². The maximum absolute atomic E-state index is 12.1. The number of hydrogen-bond acceptors (Lipinski definition) is 3. The lowest BCUT2D eigenvalue weighted by atomic mass is 10.0. The van der Waals surface area contributed by atoms with Crippen LogP contribution < -0.4 is 10.1 Å². The summed E-state index contributed by atoms with van der Waals surface area (Å²) >= 11 is 0. The van der Waals surface area contributed by atoms with Gasteiger partial charge in [-0.15, -0.1) is 0 Å². The Kier molecular flexibility index (Phi) is 5.40. The first-order valence-electron chi connectivity index (χ1n) is 5.71. The number of aromatic nitrogens is 1. The Morgan fingerprint density at radius 1 is 1.44 bits per heavy atom. The molecule has 1 rings (SSSR count). The molecule has 1 unspecified atom stereocenters. The van der Waals surface area contributed by atoms with Crippen molar-refractivity contribution in [3.8, 4) is 5.88 Å². The largest absolute Gasteiger partial charge is 0.481 e. The number of halogens is 3. The van der Waals surface area contributed by atoms with Gasteiger partial charge < -0.3 is 10.1 Å². The van der Waals surface area contributed by atoms with E-state index in [9.17, 15) is 13.2 Å². The summed E-state index contributed by atoms with van der Waals surface area (Å²) in [5.41, 5.74) is 0.782. The van der Waals surface area contributed by atoms with E-state index in [-0.39, 0.29) is 12.5 Å². The van der Waals surface area contributed by atoms with Gasteiger partial charge in [-0.25, -0.2) is 4.98 Å². The van der Waals surface area contributed by atoms with Crippen LogP contribution in [0.4, 0.5) is 13.2 Å². The summed E-state index contributed by atoms with van der Waals surface area (Å²) in [6.45, 7) is 0. The number of rotatable bonds is 6. The predicted molar refractivity (Wildman–Crippen MR) is 62.5 cm³/mol. The van der Waals surface area contributed by atoms with Gasteiger partial charge in [-0.3, -0.25) is 0 Å². The monoisotopic (exact) mass is 262 g/mol. The summed E-state index contributed by atoms with van der Waals surface area (Å²) in [5, 5.41) is 2.99. The second kappa shape index (κ2) is 6.58. The molecule has 1 atom stereocenters. The number of hydrogen-bond donors (Lipinski definition) is 1. The molecule has 102 valence electrons. The minimum atomic E-state index is -4.10. The Morgan fingerprint density at radius 2 is 2.17 bits per heavy atom. The third kappa shape index (κ3) is 4.52.